The second-order valence-corrected chi connectivity index (χ2v) is 6.63. The maximum absolute atomic E-state index is 11.4. The molecule has 0 bridgehead atoms. The molecule has 1 N–H and O–H groups in total. The fourth-order valence-electron chi connectivity index (χ4n) is 1.85. The van der Waals surface area contributed by atoms with Crippen molar-refractivity contribution in [1.82, 2.24) is 4.98 Å². The van der Waals surface area contributed by atoms with Crippen LogP contribution in [0.1, 0.15) is 41.7 Å². The number of rotatable bonds is 7. The Morgan fingerprint density at radius 3 is 2.65 bits per heavy atom. The van der Waals surface area contributed by atoms with Crippen LogP contribution in [0.3, 0.4) is 0 Å². The number of anilines is 1. The molecule has 0 aliphatic heterocycles. The van der Waals surface area contributed by atoms with Crippen LogP contribution >= 0.6 is 11.3 Å². The molecule has 6 heteroatoms. The lowest BCUT2D eigenvalue weighted by atomic mass is 10.2. The first-order valence-corrected chi connectivity index (χ1v) is 8.27. The first-order valence-electron chi connectivity index (χ1n) is 7.46. The van der Waals surface area contributed by atoms with Gasteiger partial charge < -0.3 is 4.74 Å². The van der Waals surface area contributed by atoms with Gasteiger partial charge in [0.05, 0.1) is 23.4 Å². The lowest BCUT2D eigenvalue weighted by Gasteiger charge is -2.08. The summed E-state index contributed by atoms with van der Waals surface area (Å²) in [5.74, 6) is 1.38. The van der Waals surface area contributed by atoms with Crippen molar-refractivity contribution >= 4 is 28.5 Å². The quantitative estimate of drug-likeness (QED) is 0.470. The van der Waals surface area contributed by atoms with Crippen LogP contribution < -0.4 is 10.2 Å². The molecule has 1 aromatic heterocycles. The number of thiazole rings is 1. The van der Waals surface area contributed by atoms with Crippen LogP contribution in [0, 0.1) is 12.8 Å². The summed E-state index contributed by atoms with van der Waals surface area (Å²) in [4.78, 5) is 16.3. The normalized spacial score (nSPS) is 11.2. The smallest absolute Gasteiger partial charge is 0.204 e. The summed E-state index contributed by atoms with van der Waals surface area (Å²) in [5, 5.41) is 4.76. The fourth-order valence-corrected chi connectivity index (χ4v) is 2.66. The molecule has 122 valence electrons. The third kappa shape index (κ3) is 5.17. The minimum Gasteiger partial charge on any atom is -0.493 e. The van der Waals surface area contributed by atoms with Crippen LogP contribution in [0.2, 0.25) is 0 Å². The van der Waals surface area contributed by atoms with Crippen LogP contribution in [-0.4, -0.2) is 23.6 Å². The number of benzene rings is 1. The Balaban J connectivity index is 1.93. The molecule has 0 saturated heterocycles. The molecule has 0 saturated carbocycles. The third-order valence-electron chi connectivity index (χ3n) is 2.95. The summed E-state index contributed by atoms with van der Waals surface area (Å²) in [5.41, 5.74) is 4.54. The van der Waals surface area contributed by atoms with E-state index in [2.05, 4.69) is 29.4 Å². The highest BCUT2D eigenvalue weighted by Gasteiger charge is 2.10. The molecule has 0 spiro atoms. The molecule has 0 aliphatic carbocycles. The summed E-state index contributed by atoms with van der Waals surface area (Å²) < 4.78 is 5.63. The van der Waals surface area contributed by atoms with Gasteiger partial charge in [0.2, 0.25) is 5.13 Å². The number of aryl methyl sites for hydroxylation is 1. The molecule has 0 amide bonds. The monoisotopic (exact) mass is 331 g/mol. The van der Waals surface area contributed by atoms with E-state index in [9.17, 15) is 4.79 Å². The number of nitrogens with one attached hydrogen (secondary N) is 1. The second kappa shape index (κ2) is 7.87. The molecule has 0 atom stereocenters. The molecule has 1 heterocycles. The van der Waals surface area contributed by atoms with E-state index in [4.69, 9.17) is 4.74 Å². The van der Waals surface area contributed by atoms with Crippen LogP contribution in [0.25, 0.3) is 0 Å². The molecule has 1 aromatic carbocycles. The molecule has 5 nitrogen and oxygen atoms in total. The van der Waals surface area contributed by atoms with E-state index in [1.807, 2.05) is 31.2 Å². The fraction of sp³-hybridized carbons (Fsp3) is 0.353. The van der Waals surface area contributed by atoms with Gasteiger partial charge in [0.15, 0.2) is 5.78 Å². The van der Waals surface area contributed by atoms with Crippen molar-refractivity contribution in [2.24, 2.45) is 11.0 Å². The Hall–Kier alpha value is -2.21. The van der Waals surface area contributed by atoms with Crippen molar-refractivity contribution in [1.29, 1.82) is 0 Å². The summed E-state index contributed by atoms with van der Waals surface area (Å²) in [6.45, 7) is 8.29. The number of nitrogens with zero attached hydrogens (tertiary/aromatic N) is 2. The van der Waals surface area contributed by atoms with Gasteiger partial charge in [-0.05, 0) is 42.7 Å². The van der Waals surface area contributed by atoms with Gasteiger partial charge >= 0.3 is 0 Å². The molecule has 0 radical (unpaired) electrons. The van der Waals surface area contributed by atoms with Gasteiger partial charge in [0.1, 0.15) is 5.75 Å². The van der Waals surface area contributed by atoms with E-state index in [0.29, 0.717) is 22.5 Å². The zero-order chi connectivity index (χ0) is 16.8. The number of ether oxygens (including phenoxy) is 1. The maximum atomic E-state index is 11.4. The minimum atomic E-state index is 0.0222. The van der Waals surface area contributed by atoms with E-state index in [1.54, 1.807) is 6.21 Å². The highest BCUT2D eigenvalue weighted by Crippen LogP contribution is 2.22. The Labute approximate surface area is 140 Å². The largest absolute Gasteiger partial charge is 0.493 e. The summed E-state index contributed by atoms with van der Waals surface area (Å²) in [6, 6.07) is 7.72. The van der Waals surface area contributed by atoms with Crippen molar-refractivity contribution in [3.63, 3.8) is 0 Å². The number of carbonyl (C=O) groups excluding carboxylic acids is 1. The predicted octanol–water partition coefficient (Wildman–Crippen LogP) is 4.13. The first kappa shape index (κ1) is 17.1. The SMILES string of the molecule is CC(=O)c1sc(N/N=C\c2ccc(OCC(C)C)cc2)nc1C. The van der Waals surface area contributed by atoms with Crippen LogP contribution in [0.5, 0.6) is 5.75 Å². The van der Waals surface area contributed by atoms with Crippen molar-refractivity contribution in [3.05, 3.63) is 40.4 Å². The lowest BCUT2D eigenvalue weighted by molar-refractivity contribution is 0.102. The Morgan fingerprint density at radius 1 is 1.39 bits per heavy atom. The van der Waals surface area contributed by atoms with E-state index >= 15 is 0 Å². The summed E-state index contributed by atoms with van der Waals surface area (Å²) in [6.07, 6.45) is 1.70. The molecule has 0 fully saturated rings. The van der Waals surface area contributed by atoms with Crippen molar-refractivity contribution in [3.8, 4) is 5.75 Å². The van der Waals surface area contributed by atoms with Gasteiger partial charge in [-0.2, -0.15) is 5.10 Å². The van der Waals surface area contributed by atoms with Gasteiger partial charge in [-0.15, -0.1) is 0 Å². The average molecular weight is 331 g/mol. The Morgan fingerprint density at radius 2 is 2.09 bits per heavy atom. The number of carbonyl (C=O) groups is 1. The molecule has 23 heavy (non-hydrogen) atoms. The average Bonchev–Trinajstić information content (AvgIpc) is 2.87. The molecular weight excluding hydrogens is 310 g/mol. The number of aromatic nitrogens is 1. The van der Waals surface area contributed by atoms with E-state index in [1.165, 1.54) is 18.3 Å². The molecule has 2 rings (SSSR count). The highest BCUT2D eigenvalue weighted by atomic mass is 32.1. The minimum absolute atomic E-state index is 0.0222. The first-order chi connectivity index (χ1) is 11.0. The van der Waals surface area contributed by atoms with E-state index < -0.39 is 0 Å². The van der Waals surface area contributed by atoms with Crippen LogP contribution in [0.4, 0.5) is 5.13 Å². The number of ketones is 1. The standard InChI is InChI=1S/C17H21N3O2S/c1-11(2)10-22-15-7-5-14(6-8-15)9-18-20-17-19-12(3)16(23-17)13(4)21/h5-9,11H,10H2,1-4H3,(H,19,20)/b18-9-. The molecule has 0 unspecified atom stereocenters. The zero-order valence-electron chi connectivity index (χ0n) is 13.8. The molecule has 2 aromatic rings. The van der Waals surface area contributed by atoms with Gasteiger partial charge in [-0.3, -0.25) is 10.2 Å². The zero-order valence-corrected chi connectivity index (χ0v) is 14.6. The van der Waals surface area contributed by atoms with E-state index in [0.717, 1.165) is 17.0 Å². The predicted molar refractivity (Wildman–Crippen MR) is 94.8 cm³/mol. The summed E-state index contributed by atoms with van der Waals surface area (Å²) in [7, 11) is 0. The lowest BCUT2D eigenvalue weighted by Crippen LogP contribution is -2.04. The third-order valence-corrected chi connectivity index (χ3v) is 4.12. The number of hydrogen-bond acceptors (Lipinski definition) is 6. The van der Waals surface area contributed by atoms with E-state index in [-0.39, 0.29) is 5.78 Å². The Bertz CT molecular complexity index is 690. The number of Topliss-reactive ketones (excluding diaryl/α,β-unsaturated/α-hetero) is 1. The van der Waals surface area contributed by atoms with Gasteiger partial charge in [-0.1, -0.05) is 25.2 Å². The van der Waals surface area contributed by atoms with Crippen LogP contribution in [0.15, 0.2) is 29.4 Å². The van der Waals surface area contributed by atoms with Crippen molar-refractivity contribution < 1.29 is 9.53 Å². The maximum Gasteiger partial charge on any atom is 0.204 e. The second-order valence-electron chi connectivity index (χ2n) is 5.63. The Kier molecular flexibility index (Phi) is 5.87. The topological polar surface area (TPSA) is 63.6 Å². The van der Waals surface area contributed by atoms with Gasteiger partial charge in [-0.25, -0.2) is 4.98 Å². The van der Waals surface area contributed by atoms with Gasteiger partial charge in [0.25, 0.3) is 0 Å². The number of hydrazone groups is 1. The summed E-state index contributed by atoms with van der Waals surface area (Å²) >= 11 is 1.31. The highest BCUT2D eigenvalue weighted by molar-refractivity contribution is 7.17. The van der Waals surface area contributed by atoms with Crippen LogP contribution in [-0.2, 0) is 0 Å². The number of hydrogen-bond donors (Lipinski definition) is 1. The van der Waals surface area contributed by atoms with Crippen molar-refractivity contribution in [2.75, 3.05) is 12.0 Å². The molecular formula is C17H21N3O2S. The van der Waals surface area contributed by atoms with Crippen molar-refractivity contribution in [2.45, 2.75) is 27.7 Å². The van der Waals surface area contributed by atoms with Gasteiger partial charge in [0, 0.05) is 6.92 Å². The molecule has 0 aliphatic rings.